The molecule has 0 spiro atoms. The fourth-order valence-corrected chi connectivity index (χ4v) is 4.13. The normalized spacial score (nSPS) is 16.7. The first-order valence-corrected chi connectivity index (χ1v) is 10.4. The zero-order chi connectivity index (χ0) is 21.3. The van der Waals surface area contributed by atoms with Gasteiger partial charge >= 0.3 is 0 Å². The van der Waals surface area contributed by atoms with Crippen molar-refractivity contribution in [2.75, 3.05) is 29.9 Å². The molecule has 0 aliphatic carbocycles. The summed E-state index contributed by atoms with van der Waals surface area (Å²) >= 11 is 12.3. The van der Waals surface area contributed by atoms with Crippen molar-refractivity contribution in [3.05, 3.63) is 39.6 Å². The molecule has 11 heteroatoms. The van der Waals surface area contributed by atoms with E-state index < -0.39 is 0 Å². The van der Waals surface area contributed by atoms with Gasteiger partial charge in [0.2, 0.25) is 5.82 Å². The van der Waals surface area contributed by atoms with Gasteiger partial charge in [-0.1, -0.05) is 23.2 Å². The lowest BCUT2D eigenvalue weighted by Gasteiger charge is -2.35. The number of anilines is 2. The molecule has 4 rings (SSSR count). The van der Waals surface area contributed by atoms with E-state index in [0.717, 1.165) is 37.2 Å². The van der Waals surface area contributed by atoms with Crippen LogP contribution in [0.4, 0.5) is 11.4 Å². The monoisotopic (exact) mass is 448 g/mol. The number of aryl methyl sites for hydroxylation is 1. The topological polar surface area (TPSA) is 129 Å². The number of hydrogen-bond acceptors (Lipinski definition) is 6. The summed E-state index contributed by atoms with van der Waals surface area (Å²) in [4.78, 5) is 18.1. The molecule has 30 heavy (non-hydrogen) atoms. The largest absolute Gasteiger partial charge is 0.370 e. The number of carbonyl (C=O) groups excluding carboxylic acids is 1. The molecule has 3 heterocycles. The van der Waals surface area contributed by atoms with Crippen molar-refractivity contribution in [3.63, 3.8) is 0 Å². The summed E-state index contributed by atoms with van der Waals surface area (Å²) in [6.45, 7) is 4.06. The van der Waals surface area contributed by atoms with Gasteiger partial charge in [-0.05, 0) is 55.6 Å². The molecule has 1 amide bonds. The van der Waals surface area contributed by atoms with Crippen LogP contribution in [0.15, 0.2) is 18.2 Å². The first-order chi connectivity index (χ1) is 14.5. The summed E-state index contributed by atoms with van der Waals surface area (Å²) in [5.41, 5.74) is 9.11. The molecule has 0 bridgehead atoms. The standard InChI is InChI=1S/C19H22Cl2N8O/c1-10-15(20)16(21)17(23-10)19(30)24-13-5-4-12(18-25-27-28-26-18)7-14(13)29-6-2-3-11(8-22)9-29/h4-5,7,11,23H,2-3,6,8-9,22H2,1H3,(H,24,30)(H,25,26,27,28). The Balaban J connectivity index is 1.69. The molecule has 3 aromatic rings. The SMILES string of the molecule is Cc1[nH]c(C(=O)Nc2ccc(-c3nn[nH]n3)cc2N2CCCC(CN)C2)c(Cl)c1Cl. The summed E-state index contributed by atoms with van der Waals surface area (Å²) in [6.07, 6.45) is 2.12. The Morgan fingerprint density at radius 3 is 2.87 bits per heavy atom. The van der Waals surface area contributed by atoms with Crippen LogP contribution >= 0.6 is 23.2 Å². The van der Waals surface area contributed by atoms with E-state index in [1.807, 2.05) is 18.2 Å². The summed E-state index contributed by atoms with van der Waals surface area (Å²) in [5.74, 6) is 0.516. The van der Waals surface area contributed by atoms with Crippen molar-refractivity contribution in [3.8, 4) is 11.4 Å². The number of nitrogens with zero attached hydrogens (tertiary/aromatic N) is 4. The molecule has 9 nitrogen and oxygen atoms in total. The van der Waals surface area contributed by atoms with Crippen LogP contribution in [-0.4, -0.2) is 51.1 Å². The molecular weight excluding hydrogens is 427 g/mol. The molecule has 0 radical (unpaired) electrons. The third-order valence-electron chi connectivity index (χ3n) is 5.32. The molecule has 5 N–H and O–H groups in total. The van der Waals surface area contributed by atoms with Crippen LogP contribution in [0, 0.1) is 12.8 Å². The number of rotatable bonds is 5. The Morgan fingerprint density at radius 1 is 1.37 bits per heavy atom. The lowest BCUT2D eigenvalue weighted by atomic mass is 9.97. The highest BCUT2D eigenvalue weighted by Gasteiger charge is 2.24. The maximum absolute atomic E-state index is 12.9. The number of hydrogen-bond donors (Lipinski definition) is 4. The van der Waals surface area contributed by atoms with Gasteiger partial charge in [0.05, 0.1) is 21.4 Å². The van der Waals surface area contributed by atoms with Gasteiger partial charge in [-0.15, -0.1) is 10.2 Å². The predicted octanol–water partition coefficient (Wildman–Crippen LogP) is 3.24. The smallest absolute Gasteiger partial charge is 0.273 e. The second kappa shape index (κ2) is 8.63. The van der Waals surface area contributed by atoms with E-state index >= 15 is 0 Å². The Labute approximate surface area is 183 Å². The van der Waals surface area contributed by atoms with Crippen molar-refractivity contribution < 1.29 is 4.79 Å². The van der Waals surface area contributed by atoms with Crippen molar-refractivity contribution in [2.24, 2.45) is 11.7 Å². The maximum atomic E-state index is 12.9. The van der Waals surface area contributed by atoms with E-state index in [1.165, 1.54) is 0 Å². The average molecular weight is 449 g/mol. The molecule has 0 saturated carbocycles. The molecule has 1 saturated heterocycles. The number of aromatic nitrogens is 5. The second-order valence-corrected chi connectivity index (χ2v) is 8.12. The summed E-state index contributed by atoms with van der Waals surface area (Å²) < 4.78 is 0. The van der Waals surface area contributed by atoms with Gasteiger partial charge in [0.25, 0.3) is 5.91 Å². The third-order valence-corrected chi connectivity index (χ3v) is 6.27. The first kappa shape index (κ1) is 20.6. The molecule has 1 atom stereocenters. The third kappa shape index (κ3) is 4.00. The summed E-state index contributed by atoms with van der Waals surface area (Å²) in [6, 6.07) is 5.62. The van der Waals surface area contributed by atoms with E-state index in [9.17, 15) is 4.79 Å². The van der Waals surface area contributed by atoms with Gasteiger partial charge in [-0.2, -0.15) is 5.21 Å². The quantitative estimate of drug-likeness (QED) is 0.474. The number of amides is 1. The van der Waals surface area contributed by atoms with Crippen LogP contribution in [0.5, 0.6) is 0 Å². The first-order valence-electron chi connectivity index (χ1n) is 9.65. The minimum atomic E-state index is -0.365. The van der Waals surface area contributed by atoms with Crippen molar-refractivity contribution in [1.82, 2.24) is 25.6 Å². The minimum Gasteiger partial charge on any atom is -0.370 e. The molecular formula is C19H22Cl2N8O. The molecule has 158 valence electrons. The molecule has 1 aliphatic rings. The second-order valence-electron chi connectivity index (χ2n) is 7.36. The van der Waals surface area contributed by atoms with E-state index in [-0.39, 0.29) is 16.6 Å². The highest BCUT2D eigenvalue weighted by molar-refractivity contribution is 6.44. The Bertz CT molecular complexity index is 1050. The number of aromatic amines is 2. The van der Waals surface area contributed by atoms with Crippen LogP contribution < -0.4 is 16.0 Å². The number of nitrogens with two attached hydrogens (primary N) is 1. The van der Waals surface area contributed by atoms with E-state index in [4.69, 9.17) is 28.9 Å². The number of carbonyl (C=O) groups is 1. The van der Waals surface area contributed by atoms with Gasteiger partial charge in [0.15, 0.2) is 0 Å². The predicted molar refractivity (Wildman–Crippen MR) is 117 cm³/mol. The van der Waals surface area contributed by atoms with Gasteiger partial charge in [0.1, 0.15) is 5.69 Å². The molecule has 1 fully saturated rings. The Hall–Kier alpha value is -2.62. The van der Waals surface area contributed by atoms with Gasteiger partial charge < -0.3 is 20.9 Å². The number of halogens is 2. The minimum absolute atomic E-state index is 0.206. The lowest BCUT2D eigenvalue weighted by Crippen LogP contribution is -2.38. The van der Waals surface area contributed by atoms with E-state index in [2.05, 4.69) is 35.8 Å². The highest BCUT2D eigenvalue weighted by atomic mass is 35.5. The number of nitrogens with one attached hydrogen (secondary N) is 3. The van der Waals surface area contributed by atoms with Gasteiger partial charge in [0, 0.05) is 24.3 Å². The van der Waals surface area contributed by atoms with E-state index in [0.29, 0.717) is 34.7 Å². The van der Waals surface area contributed by atoms with Crippen molar-refractivity contribution in [2.45, 2.75) is 19.8 Å². The van der Waals surface area contributed by atoms with Crippen molar-refractivity contribution >= 4 is 40.5 Å². The molecule has 2 aromatic heterocycles. The number of benzene rings is 1. The summed E-state index contributed by atoms with van der Waals surface area (Å²) in [5, 5.41) is 17.7. The molecule has 1 aromatic carbocycles. The van der Waals surface area contributed by atoms with Crippen LogP contribution in [-0.2, 0) is 0 Å². The van der Waals surface area contributed by atoms with Gasteiger partial charge in [-0.3, -0.25) is 4.79 Å². The zero-order valence-corrected chi connectivity index (χ0v) is 17.9. The van der Waals surface area contributed by atoms with Gasteiger partial charge in [-0.25, -0.2) is 0 Å². The van der Waals surface area contributed by atoms with E-state index in [1.54, 1.807) is 6.92 Å². The van der Waals surface area contributed by atoms with Crippen LogP contribution in [0.1, 0.15) is 29.0 Å². The molecule has 1 unspecified atom stereocenters. The fraction of sp³-hybridized carbons (Fsp3) is 0.368. The van der Waals surface area contributed by atoms with Crippen molar-refractivity contribution in [1.29, 1.82) is 0 Å². The summed E-state index contributed by atoms with van der Waals surface area (Å²) in [7, 11) is 0. The number of H-pyrrole nitrogens is 2. The van der Waals surface area contributed by atoms with Crippen LogP contribution in [0.25, 0.3) is 11.4 Å². The fourth-order valence-electron chi connectivity index (χ4n) is 3.71. The van der Waals surface area contributed by atoms with Crippen LogP contribution in [0.2, 0.25) is 10.0 Å². The average Bonchev–Trinajstić information content (AvgIpc) is 3.39. The molecule has 1 aliphatic heterocycles. The highest BCUT2D eigenvalue weighted by Crippen LogP contribution is 2.35. The lowest BCUT2D eigenvalue weighted by molar-refractivity contribution is 0.102. The number of piperidine rings is 1. The zero-order valence-electron chi connectivity index (χ0n) is 16.4. The Morgan fingerprint density at radius 2 is 2.20 bits per heavy atom. The maximum Gasteiger partial charge on any atom is 0.273 e. The van der Waals surface area contributed by atoms with Crippen LogP contribution in [0.3, 0.4) is 0 Å². The number of tetrazole rings is 1. The Kier molecular flexibility index (Phi) is 5.94.